The van der Waals surface area contributed by atoms with E-state index >= 15 is 0 Å². The lowest BCUT2D eigenvalue weighted by Gasteiger charge is -2.68. The molecule has 4 saturated carbocycles. The van der Waals surface area contributed by atoms with E-state index in [9.17, 15) is 19.5 Å². The van der Waals surface area contributed by atoms with Crippen molar-refractivity contribution in [3.63, 3.8) is 0 Å². The zero-order chi connectivity index (χ0) is 32.5. The Morgan fingerprint density at radius 2 is 1.72 bits per heavy atom. The van der Waals surface area contributed by atoms with Gasteiger partial charge in [0.1, 0.15) is 0 Å². The number of hydrogen-bond acceptors (Lipinski definition) is 4. The Bertz CT molecular complexity index is 1420. The first kappa shape index (κ1) is 31.9. The molecule has 0 radical (unpaired) electrons. The molecule has 7 rings (SSSR count). The van der Waals surface area contributed by atoms with Crippen molar-refractivity contribution >= 4 is 23.4 Å². The molecule has 46 heavy (non-hydrogen) atoms. The lowest BCUT2D eigenvalue weighted by atomic mass is 9.36. The molecule has 3 N–H and O–H groups in total. The molecular formula is C39H55N3O4. The largest absolute Gasteiger partial charge is 0.478 e. The van der Waals surface area contributed by atoms with Crippen LogP contribution in [0, 0.1) is 51.2 Å². The van der Waals surface area contributed by atoms with Gasteiger partial charge in [-0.05, 0) is 127 Å². The van der Waals surface area contributed by atoms with Crippen LogP contribution < -0.4 is 10.6 Å². The average molecular weight is 630 g/mol. The standard InChI is InChI=1S/C39H55N3O4/c1-36(2)28(25-7-9-26(10-8-25)34(44)45)13-17-38(4)31(36)15-18-37(3)29-14-19-39(16-5-6-30(39)27(29)11-12-32(37)38)35(46)41-21-23-42-22-20-40-33(43)24-42/h7-10,13,27,29-32H,5-6,11-12,14-24H2,1-4H3,(H,40,43)(H,41,46)(H,44,45)/t27-,29?,30?,31?,32?,37-,38-,39-/m0/s1. The molecule has 7 heteroatoms. The molecule has 7 nitrogen and oxygen atoms in total. The first-order valence-electron chi connectivity index (χ1n) is 18.2. The highest BCUT2D eigenvalue weighted by Gasteiger charge is 2.66. The summed E-state index contributed by atoms with van der Waals surface area (Å²) >= 11 is 0. The maximum atomic E-state index is 14.0. The molecule has 0 spiro atoms. The molecule has 1 heterocycles. The Labute approximate surface area is 275 Å². The summed E-state index contributed by atoms with van der Waals surface area (Å²) in [5.74, 6) is 2.59. The number of nitrogens with one attached hydrogen (secondary N) is 2. The minimum Gasteiger partial charge on any atom is -0.478 e. The number of carbonyl (C=O) groups excluding carboxylic acids is 2. The molecule has 0 aromatic heterocycles. The summed E-state index contributed by atoms with van der Waals surface area (Å²) in [4.78, 5) is 39.4. The Kier molecular flexibility index (Phi) is 7.97. The molecule has 250 valence electrons. The number of benzene rings is 1. The fourth-order valence-electron chi connectivity index (χ4n) is 12.9. The van der Waals surface area contributed by atoms with Gasteiger partial charge >= 0.3 is 5.97 Å². The maximum absolute atomic E-state index is 14.0. The minimum absolute atomic E-state index is 0.0131. The van der Waals surface area contributed by atoms with Crippen LogP contribution in [0.15, 0.2) is 30.3 Å². The van der Waals surface area contributed by atoms with Gasteiger partial charge in [0, 0.05) is 26.2 Å². The molecule has 8 atom stereocenters. The number of aromatic carboxylic acids is 1. The molecule has 5 fully saturated rings. The van der Waals surface area contributed by atoms with Crippen LogP contribution in [0.5, 0.6) is 0 Å². The minimum atomic E-state index is -0.874. The third-order valence-corrected chi connectivity index (χ3v) is 14.8. The molecule has 1 saturated heterocycles. The molecule has 1 aliphatic heterocycles. The number of fused-ring (bicyclic) bond motifs is 7. The summed E-state index contributed by atoms with van der Waals surface area (Å²) in [6.45, 7) is 13.5. The smallest absolute Gasteiger partial charge is 0.335 e. The Balaban J connectivity index is 1.08. The van der Waals surface area contributed by atoms with Gasteiger partial charge < -0.3 is 15.7 Å². The highest BCUT2D eigenvalue weighted by atomic mass is 16.4. The van der Waals surface area contributed by atoms with Gasteiger partial charge in [-0.3, -0.25) is 14.5 Å². The van der Waals surface area contributed by atoms with E-state index in [1.807, 2.05) is 12.1 Å². The number of amides is 2. The van der Waals surface area contributed by atoms with Gasteiger partial charge in [-0.2, -0.15) is 0 Å². The third kappa shape index (κ3) is 4.88. The van der Waals surface area contributed by atoms with Gasteiger partial charge in [0.2, 0.25) is 11.8 Å². The zero-order valence-electron chi connectivity index (χ0n) is 28.5. The summed E-state index contributed by atoms with van der Waals surface area (Å²) in [5, 5.41) is 15.7. The Morgan fingerprint density at radius 3 is 2.46 bits per heavy atom. The number of hydrogen-bond donors (Lipinski definition) is 3. The van der Waals surface area contributed by atoms with Crippen molar-refractivity contribution in [2.24, 2.45) is 51.2 Å². The van der Waals surface area contributed by atoms with Crippen LogP contribution in [0.3, 0.4) is 0 Å². The van der Waals surface area contributed by atoms with Crippen LogP contribution in [0.2, 0.25) is 0 Å². The topological polar surface area (TPSA) is 98.7 Å². The van der Waals surface area contributed by atoms with Gasteiger partial charge in [-0.1, -0.05) is 52.3 Å². The number of nitrogens with zero attached hydrogens (tertiary/aromatic N) is 1. The van der Waals surface area contributed by atoms with E-state index in [2.05, 4.69) is 49.3 Å². The molecule has 0 bridgehead atoms. The van der Waals surface area contributed by atoms with Gasteiger partial charge in [0.15, 0.2) is 0 Å². The zero-order valence-corrected chi connectivity index (χ0v) is 28.5. The third-order valence-electron chi connectivity index (χ3n) is 14.8. The highest BCUT2D eigenvalue weighted by Crippen LogP contribution is 2.73. The quantitative estimate of drug-likeness (QED) is 0.339. The van der Waals surface area contributed by atoms with Gasteiger partial charge in [-0.25, -0.2) is 4.79 Å². The number of piperazine rings is 1. The first-order chi connectivity index (χ1) is 21.9. The van der Waals surface area contributed by atoms with Gasteiger partial charge in [0.25, 0.3) is 0 Å². The van der Waals surface area contributed by atoms with Crippen LogP contribution in [0.1, 0.15) is 108 Å². The predicted molar refractivity (Wildman–Crippen MR) is 180 cm³/mol. The molecule has 6 aliphatic rings. The lowest BCUT2D eigenvalue weighted by Crippen LogP contribution is -2.62. The van der Waals surface area contributed by atoms with E-state index in [1.54, 1.807) is 12.1 Å². The number of carboxylic acids is 1. The number of carbonyl (C=O) groups is 3. The monoisotopic (exact) mass is 629 g/mol. The summed E-state index contributed by atoms with van der Waals surface area (Å²) < 4.78 is 0. The molecular weight excluding hydrogens is 574 g/mol. The van der Waals surface area contributed by atoms with Crippen molar-refractivity contribution in [3.05, 3.63) is 41.5 Å². The van der Waals surface area contributed by atoms with E-state index in [-0.39, 0.29) is 22.2 Å². The fraction of sp³-hybridized carbons (Fsp3) is 0.718. The second-order valence-corrected chi connectivity index (χ2v) is 17.0. The van der Waals surface area contributed by atoms with Gasteiger partial charge in [-0.15, -0.1) is 0 Å². The van der Waals surface area contributed by atoms with Crippen molar-refractivity contribution in [1.82, 2.24) is 15.5 Å². The molecule has 1 aromatic carbocycles. The second kappa shape index (κ2) is 11.5. The Morgan fingerprint density at radius 1 is 0.935 bits per heavy atom. The van der Waals surface area contributed by atoms with E-state index in [1.165, 1.54) is 56.1 Å². The van der Waals surface area contributed by atoms with E-state index in [4.69, 9.17) is 0 Å². The highest BCUT2D eigenvalue weighted by molar-refractivity contribution is 5.88. The summed E-state index contributed by atoms with van der Waals surface area (Å²) in [7, 11) is 0. The van der Waals surface area contributed by atoms with Gasteiger partial charge in [0.05, 0.1) is 17.5 Å². The Hall–Kier alpha value is -2.67. The van der Waals surface area contributed by atoms with Crippen molar-refractivity contribution in [2.75, 3.05) is 32.7 Å². The molecule has 1 aromatic rings. The van der Waals surface area contributed by atoms with Crippen LogP contribution in [-0.4, -0.2) is 60.5 Å². The molecule has 4 unspecified atom stereocenters. The number of allylic oxidation sites excluding steroid dienone is 2. The van der Waals surface area contributed by atoms with E-state index in [0.717, 1.165) is 32.4 Å². The van der Waals surface area contributed by atoms with Crippen molar-refractivity contribution in [2.45, 2.75) is 91.9 Å². The van der Waals surface area contributed by atoms with E-state index < -0.39 is 5.97 Å². The second-order valence-electron chi connectivity index (χ2n) is 17.0. The van der Waals surface area contributed by atoms with Crippen LogP contribution in [-0.2, 0) is 9.59 Å². The van der Waals surface area contributed by atoms with Crippen LogP contribution >= 0.6 is 0 Å². The fourth-order valence-corrected chi connectivity index (χ4v) is 12.9. The summed E-state index contributed by atoms with van der Waals surface area (Å²) in [6.07, 6.45) is 14.2. The SMILES string of the molecule is CC1(C)C(c2ccc(C(=O)O)cc2)=CC[C@@]2(C)C1CC[C@@]1(C)C3CC[C@@]4(C(=O)NCCN5CCNC(=O)C5)CCCC4[C@H]3CCC12. The predicted octanol–water partition coefficient (Wildman–Crippen LogP) is 6.39. The van der Waals surface area contributed by atoms with Crippen molar-refractivity contribution in [1.29, 1.82) is 0 Å². The van der Waals surface area contributed by atoms with E-state index in [0.29, 0.717) is 66.1 Å². The average Bonchev–Trinajstić information content (AvgIpc) is 3.47. The molecule has 5 aliphatic carbocycles. The van der Waals surface area contributed by atoms with Crippen molar-refractivity contribution in [3.8, 4) is 0 Å². The number of carboxylic acid groups (broad SMARTS) is 1. The maximum Gasteiger partial charge on any atom is 0.335 e. The molecule has 2 amide bonds. The number of rotatable bonds is 6. The lowest BCUT2D eigenvalue weighted by molar-refractivity contribution is -0.181. The summed E-state index contributed by atoms with van der Waals surface area (Å²) in [6, 6.07) is 7.52. The van der Waals surface area contributed by atoms with Crippen LogP contribution in [0.4, 0.5) is 0 Å². The normalized spacial score (nSPS) is 40.0. The van der Waals surface area contributed by atoms with Crippen LogP contribution in [0.25, 0.3) is 5.57 Å². The first-order valence-corrected chi connectivity index (χ1v) is 18.2. The summed E-state index contributed by atoms with van der Waals surface area (Å²) in [5.41, 5.74) is 3.24. The van der Waals surface area contributed by atoms with Crippen molar-refractivity contribution < 1.29 is 19.5 Å².